The van der Waals surface area contributed by atoms with Crippen LogP contribution < -0.4 is 0 Å². The van der Waals surface area contributed by atoms with Gasteiger partial charge < -0.3 is 24.1 Å². The van der Waals surface area contributed by atoms with Crippen LogP contribution in [0.25, 0.3) is 0 Å². The van der Waals surface area contributed by atoms with Gasteiger partial charge in [0.25, 0.3) is 0 Å². The van der Waals surface area contributed by atoms with E-state index in [1.807, 2.05) is 20.8 Å². The second kappa shape index (κ2) is 6.82. The summed E-state index contributed by atoms with van der Waals surface area (Å²) in [5, 5.41) is 24.1. The van der Waals surface area contributed by atoms with Gasteiger partial charge in [-0.25, -0.2) is 0 Å². The van der Waals surface area contributed by atoms with E-state index in [2.05, 4.69) is 0 Å². The Kier molecular flexibility index (Phi) is 4.91. The normalized spacial score (nSPS) is 43.2. The lowest BCUT2D eigenvalue weighted by Gasteiger charge is -2.69. The highest BCUT2D eigenvalue weighted by molar-refractivity contribution is 5.67. The Morgan fingerprint density at radius 3 is 2.35 bits per heavy atom. The molecule has 0 amide bonds. The smallest absolute Gasteiger partial charge is 0.302 e. The minimum atomic E-state index is -1.34. The molecule has 1 aromatic rings. The third-order valence-corrected chi connectivity index (χ3v) is 8.78. The van der Waals surface area contributed by atoms with Gasteiger partial charge >= 0.3 is 11.9 Å². The van der Waals surface area contributed by atoms with Crippen molar-refractivity contribution in [1.29, 1.82) is 0 Å². The maximum atomic E-state index is 12.4. The highest BCUT2D eigenvalue weighted by atomic mass is 16.6. The first kappa shape index (κ1) is 22.3. The monoisotopic (exact) mass is 434 g/mol. The minimum Gasteiger partial charge on any atom is -0.469 e. The molecule has 7 heteroatoms. The summed E-state index contributed by atoms with van der Waals surface area (Å²) in [6.07, 6.45) is 2.23. The Morgan fingerprint density at radius 2 is 1.74 bits per heavy atom. The molecule has 0 aliphatic heterocycles. The zero-order chi connectivity index (χ0) is 23.0. The van der Waals surface area contributed by atoms with Gasteiger partial charge in [-0.3, -0.25) is 9.59 Å². The van der Waals surface area contributed by atoms with Gasteiger partial charge in [0, 0.05) is 43.6 Å². The fraction of sp³-hybridized carbons (Fsp3) is 0.750. The molecule has 7 atom stereocenters. The number of hydrogen-bond donors (Lipinski definition) is 2. The van der Waals surface area contributed by atoms with E-state index in [9.17, 15) is 19.8 Å². The molecule has 0 radical (unpaired) electrons. The van der Waals surface area contributed by atoms with E-state index in [0.717, 1.165) is 0 Å². The van der Waals surface area contributed by atoms with Crippen molar-refractivity contribution in [2.45, 2.75) is 90.6 Å². The predicted octanol–water partition coefficient (Wildman–Crippen LogP) is 3.10. The van der Waals surface area contributed by atoms with Crippen LogP contribution in [-0.4, -0.2) is 40.0 Å². The zero-order valence-electron chi connectivity index (χ0n) is 19.2. The van der Waals surface area contributed by atoms with Gasteiger partial charge in [-0.2, -0.15) is 0 Å². The number of esters is 2. The molecule has 3 aliphatic carbocycles. The number of hydrogen-bond acceptors (Lipinski definition) is 7. The predicted molar refractivity (Wildman–Crippen MR) is 111 cm³/mol. The van der Waals surface area contributed by atoms with Crippen LogP contribution in [0.3, 0.4) is 0 Å². The fourth-order valence-electron chi connectivity index (χ4n) is 7.22. The van der Waals surface area contributed by atoms with E-state index in [0.29, 0.717) is 30.6 Å². The number of furan rings is 1. The second-order valence-electron chi connectivity index (χ2n) is 10.8. The number of ether oxygens (including phenoxy) is 2. The summed E-state index contributed by atoms with van der Waals surface area (Å²) in [4.78, 5) is 24.0. The lowest BCUT2D eigenvalue weighted by molar-refractivity contribution is -0.312. The van der Waals surface area contributed by atoms with Crippen LogP contribution in [0, 0.1) is 22.7 Å². The summed E-state index contributed by atoms with van der Waals surface area (Å²) in [7, 11) is 0. The van der Waals surface area contributed by atoms with E-state index in [1.165, 1.54) is 13.8 Å². The Bertz CT molecular complexity index is 899. The van der Waals surface area contributed by atoms with Crippen molar-refractivity contribution < 1.29 is 33.7 Å². The summed E-state index contributed by atoms with van der Waals surface area (Å²) in [6, 6.07) is 1.76. The number of rotatable bonds is 2. The lowest BCUT2D eigenvalue weighted by Crippen LogP contribution is -2.75. The molecule has 0 aromatic carbocycles. The summed E-state index contributed by atoms with van der Waals surface area (Å²) in [6.45, 7) is 10.4. The quantitative estimate of drug-likeness (QED) is 0.689. The number of carbonyl (C=O) groups excluding carboxylic acids is 2. The molecule has 0 bridgehead atoms. The molecule has 2 N–H and O–H groups in total. The highest BCUT2D eigenvalue weighted by Gasteiger charge is 2.73. The van der Waals surface area contributed by atoms with E-state index >= 15 is 0 Å². The molecule has 3 aliphatic rings. The maximum Gasteiger partial charge on any atom is 0.302 e. The molecule has 31 heavy (non-hydrogen) atoms. The van der Waals surface area contributed by atoms with Crippen molar-refractivity contribution in [1.82, 2.24) is 0 Å². The molecule has 1 aromatic heterocycles. The van der Waals surface area contributed by atoms with Gasteiger partial charge in [0.05, 0.1) is 17.5 Å². The summed E-state index contributed by atoms with van der Waals surface area (Å²) in [5.41, 5.74) is -3.34. The molecule has 7 nitrogen and oxygen atoms in total. The second-order valence-corrected chi connectivity index (χ2v) is 10.8. The van der Waals surface area contributed by atoms with Crippen molar-refractivity contribution >= 4 is 11.9 Å². The van der Waals surface area contributed by atoms with Crippen LogP contribution >= 0.6 is 0 Å². The van der Waals surface area contributed by atoms with Crippen LogP contribution in [-0.2, 0) is 31.1 Å². The average Bonchev–Trinajstić information content (AvgIpc) is 3.10. The summed E-state index contributed by atoms with van der Waals surface area (Å²) in [5.74, 6) is -1.02. The Balaban J connectivity index is 1.94. The van der Waals surface area contributed by atoms with Gasteiger partial charge in [-0.15, -0.1) is 0 Å². The first-order chi connectivity index (χ1) is 14.3. The molecular weight excluding hydrogens is 400 g/mol. The topological polar surface area (TPSA) is 106 Å². The van der Waals surface area contributed by atoms with Crippen molar-refractivity contribution in [3.63, 3.8) is 0 Å². The van der Waals surface area contributed by atoms with Gasteiger partial charge in [-0.05, 0) is 37.2 Å². The van der Waals surface area contributed by atoms with E-state index < -0.39 is 52.1 Å². The highest BCUT2D eigenvalue weighted by Crippen LogP contribution is 2.68. The SMILES string of the molecule is CC(=O)O[C@H]1C[C@@]2(O)C(C)(C)CC[C@H](OC(C)=O)[C@]2(C)[C@H]2Cc3occc3[C@](C)(O)[C@H]12. The molecule has 0 saturated heterocycles. The third kappa shape index (κ3) is 2.92. The van der Waals surface area contributed by atoms with E-state index in [1.54, 1.807) is 19.3 Å². The molecule has 1 heterocycles. The zero-order valence-corrected chi connectivity index (χ0v) is 19.2. The fourth-order valence-corrected chi connectivity index (χ4v) is 7.22. The standard InChI is InChI=1S/C24H34O7/c1-13(25)30-18-12-24(28)21(3,4)9-7-19(31-14(2)26)22(24,5)16-11-17-15(8-10-29-17)23(6,27)20(16)18/h8,10,16,18-20,27-28H,7,9,11-12H2,1-6H3/t16-,18-,19-,20-,22-,23-,24+/m0/s1. The Hall–Kier alpha value is -1.86. The van der Waals surface area contributed by atoms with Crippen LogP contribution in [0.5, 0.6) is 0 Å². The van der Waals surface area contributed by atoms with Gasteiger partial charge in [-0.1, -0.05) is 20.8 Å². The summed E-state index contributed by atoms with van der Waals surface area (Å²) >= 11 is 0. The maximum absolute atomic E-state index is 12.4. The van der Waals surface area contributed by atoms with Crippen molar-refractivity contribution in [3.8, 4) is 0 Å². The Labute approximate surface area is 183 Å². The van der Waals surface area contributed by atoms with Crippen LogP contribution in [0.2, 0.25) is 0 Å². The number of carbonyl (C=O) groups is 2. The Morgan fingerprint density at radius 1 is 1.10 bits per heavy atom. The molecule has 0 unspecified atom stereocenters. The van der Waals surface area contributed by atoms with Crippen LogP contribution in [0.1, 0.15) is 72.1 Å². The molecule has 2 saturated carbocycles. The first-order valence-electron chi connectivity index (χ1n) is 11.1. The molecule has 2 fully saturated rings. The average molecular weight is 435 g/mol. The van der Waals surface area contributed by atoms with Gasteiger partial charge in [0.1, 0.15) is 18.0 Å². The van der Waals surface area contributed by atoms with E-state index in [-0.39, 0.29) is 12.3 Å². The van der Waals surface area contributed by atoms with Crippen molar-refractivity contribution in [2.75, 3.05) is 0 Å². The van der Waals surface area contributed by atoms with Crippen LogP contribution in [0.4, 0.5) is 0 Å². The van der Waals surface area contributed by atoms with Crippen LogP contribution in [0.15, 0.2) is 16.7 Å². The molecule has 4 rings (SSSR count). The van der Waals surface area contributed by atoms with E-state index in [4.69, 9.17) is 13.9 Å². The largest absolute Gasteiger partial charge is 0.469 e. The van der Waals surface area contributed by atoms with Gasteiger partial charge in [0.15, 0.2) is 0 Å². The van der Waals surface area contributed by atoms with Crippen molar-refractivity contribution in [3.05, 3.63) is 23.7 Å². The number of fused-ring (bicyclic) bond motifs is 4. The first-order valence-corrected chi connectivity index (χ1v) is 11.1. The van der Waals surface area contributed by atoms with Gasteiger partial charge in [0.2, 0.25) is 0 Å². The molecule has 172 valence electrons. The van der Waals surface area contributed by atoms with Crippen molar-refractivity contribution in [2.24, 2.45) is 22.7 Å². The third-order valence-electron chi connectivity index (χ3n) is 8.78. The molecular formula is C24H34O7. The lowest BCUT2D eigenvalue weighted by atomic mass is 9.39. The summed E-state index contributed by atoms with van der Waals surface area (Å²) < 4.78 is 17.3. The minimum absolute atomic E-state index is 0.165. The molecule has 0 spiro atoms. The number of aliphatic hydroxyl groups is 2.